The van der Waals surface area contributed by atoms with E-state index >= 15 is 0 Å². The van der Waals surface area contributed by atoms with Crippen molar-refractivity contribution in [1.82, 2.24) is 0 Å². The molecule has 0 spiro atoms. The Labute approximate surface area is 68.5 Å². The highest BCUT2D eigenvalue weighted by Gasteiger charge is 2.39. The Bertz CT molecular complexity index is 119. The Balaban J connectivity index is 4.47. The van der Waals surface area contributed by atoms with Crippen LogP contribution in [0.15, 0.2) is 0 Å². The molecular formula is C8H19NO2. The van der Waals surface area contributed by atoms with E-state index in [0.717, 1.165) is 0 Å². The molecule has 0 radical (unpaired) electrons. The summed E-state index contributed by atoms with van der Waals surface area (Å²) in [6, 6.07) is 0. The summed E-state index contributed by atoms with van der Waals surface area (Å²) in [5, 5.41) is 9.06. The van der Waals surface area contributed by atoms with Gasteiger partial charge >= 0.3 is 0 Å². The van der Waals surface area contributed by atoms with E-state index in [2.05, 4.69) is 0 Å². The zero-order chi connectivity index (χ0) is 9.12. The van der Waals surface area contributed by atoms with Crippen molar-refractivity contribution in [3.63, 3.8) is 0 Å². The van der Waals surface area contributed by atoms with E-state index in [0.29, 0.717) is 6.54 Å². The van der Waals surface area contributed by atoms with Gasteiger partial charge in [-0.1, -0.05) is 13.8 Å². The van der Waals surface area contributed by atoms with Gasteiger partial charge in [0.1, 0.15) is 0 Å². The molecular weight excluding hydrogens is 142 g/mol. The standard InChI is InChI=1S/C8H19NO2/c1-7(2,6-10)8(3,5-9)11-4/h10H,5-6,9H2,1-4H3. The van der Waals surface area contributed by atoms with Gasteiger partial charge in [-0.3, -0.25) is 0 Å². The van der Waals surface area contributed by atoms with Crippen molar-refractivity contribution in [2.75, 3.05) is 20.3 Å². The molecule has 1 atom stereocenters. The fourth-order valence-electron chi connectivity index (χ4n) is 0.803. The highest BCUT2D eigenvalue weighted by molar-refractivity contribution is 4.91. The van der Waals surface area contributed by atoms with Gasteiger partial charge < -0.3 is 15.6 Å². The van der Waals surface area contributed by atoms with Crippen LogP contribution >= 0.6 is 0 Å². The Morgan fingerprint density at radius 2 is 1.82 bits per heavy atom. The van der Waals surface area contributed by atoms with E-state index in [1.165, 1.54) is 0 Å². The van der Waals surface area contributed by atoms with Gasteiger partial charge in [-0.05, 0) is 6.92 Å². The molecule has 3 N–H and O–H groups in total. The minimum absolute atomic E-state index is 0.0779. The monoisotopic (exact) mass is 161 g/mol. The average molecular weight is 161 g/mol. The first kappa shape index (κ1) is 10.9. The second-order valence-electron chi connectivity index (χ2n) is 3.68. The number of ether oxygens (including phenoxy) is 1. The van der Waals surface area contributed by atoms with Crippen LogP contribution in [0.3, 0.4) is 0 Å². The van der Waals surface area contributed by atoms with E-state index in [1.807, 2.05) is 20.8 Å². The van der Waals surface area contributed by atoms with Crippen molar-refractivity contribution in [2.24, 2.45) is 11.1 Å². The summed E-state index contributed by atoms with van der Waals surface area (Å²) in [4.78, 5) is 0. The van der Waals surface area contributed by atoms with Crippen LogP contribution in [0.25, 0.3) is 0 Å². The normalized spacial score (nSPS) is 18.0. The smallest absolute Gasteiger partial charge is 0.0844 e. The number of rotatable bonds is 4. The third-order valence-electron chi connectivity index (χ3n) is 2.67. The average Bonchev–Trinajstić information content (AvgIpc) is 2.02. The lowest BCUT2D eigenvalue weighted by Crippen LogP contribution is -2.51. The molecule has 0 amide bonds. The molecule has 0 aliphatic rings. The van der Waals surface area contributed by atoms with Gasteiger partial charge in [-0.15, -0.1) is 0 Å². The van der Waals surface area contributed by atoms with Crippen molar-refractivity contribution >= 4 is 0 Å². The molecule has 0 aliphatic carbocycles. The van der Waals surface area contributed by atoms with E-state index in [-0.39, 0.29) is 12.0 Å². The summed E-state index contributed by atoms with van der Waals surface area (Å²) in [6.45, 7) is 6.27. The first-order valence-corrected chi connectivity index (χ1v) is 3.79. The Hall–Kier alpha value is -0.120. The molecule has 68 valence electrons. The van der Waals surface area contributed by atoms with Gasteiger partial charge in [0.05, 0.1) is 12.2 Å². The maximum atomic E-state index is 9.06. The van der Waals surface area contributed by atoms with Crippen molar-refractivity contribution in [3.05, 3.63) is 0 Å². The molecule has 0 aromatic carbocycles. The number of methoxy groups -OCH3 is 1. The lowest BCUT2D eigenvalue weighted by atomic mass is 9.76. The number of hydrogen-bond donors (Lipinski definition) is 2. The molecule has 0 heterocycles. The SMILES string of the molecule is COC(C)(CN)C(C)(C)CO. The van der Waals surface area contributed by atoms with Crippen LogP contribution in [-0.2, 0) is 4.74 Å². The zero-order valence-corrected chi connectivity index (χ0v) is 7.85. The van der Waals surface area contributed by atoms with Crippen molar-refractivity contribution < 1.29 is 9.84 Å². The molecule has 0 rings (SSSR count). The Morgan fingerprint density at radius 1 is 1.36 bits per heavy atom. The number of aliphatic hydroxyl groups excluding tert-OH is 1. The third kappa shape index (κ3) is 1.92. The second kappa shape index (κ2) is 3.52. The van der Waals surface area contributed by atoms with Gasteiger partial charge in [-0.2, -0.15) is 0 Å². The minimum Gasteiger partial charge on any atom is -0.396 e. The van der Waals surface area contributed by atoms with Crippen molar-refractivity contribution in [2.45, 2.75) is 26.4 Å². The predicted molar refractivity (Wildman–Crippen MR) is 45.3 cm³/mol. The number of nitrogens with two attached hydrogens (primary N) is 1. The molecule has 0 fully saturated rings. The van der Waals surface area contributed by atoms with E-state index in [1.54, 1.807) is 7.11 Å². The fraction of sp³-hybridized carbons (Fsp3) is 1.00. The van der Waals surface area contributed by atoms with E-state index in [9.17, 15) is 0 Å². The predicted octanol–water partition coefficient (Wildman–Crippen LogP) is 0.369. The topological polar surface area (TPSA) is 55.5 Å². The molecule has 0 aromatic rings. The fourth-order valence-corrected chi connectivity index (χ4v) is 0.803. The lowest BCUT2D eigenvalue weighted by molar-refractivity contribution is -0.0980. The highest BCUT2D eigenvalue weighted by atomic mass is 16.5. The van der Waals surface area contributed by atoms with E-state index in [4.69, 9.17) is 15.6 Å². The number of hydrogen-bond acceptors (Lipinski definition) is 3. The summed E-state index contributed by atoms with van der Waals surface area (Å²) >= 11 is 0. The van der Waals surface area contributed by atoms with Crippen molar-refractivity contribution in [1.29, 1.82) is 0 Å². The molecule has 3 nitrogen and oxygen atoms in total. The Morgan fingerprint density at radius 3 is 1.91 bits per heavy atom. The molecule has 3 heteroatoms. The molecule has 0 saturated carbocycles. The van der Waals surface area contributed by atoms with Crippen LogP contribution in [0.1, 0.15) is 20.8 Å². The molecule has 1 unspecified atom stereocenters. The van der Waals surface area contributed by atoms with Crippen molar-refractivity contribution in [3.8, 4) is 0 Å². The summed E-state index contributed by atoms with van der Waals surface area (Å²) < 4.78 is 5.26. The minimum atomic E-state index is -0.443. The molecule has 0 bridgehead atoms. The second-order valence-corrected chi connectivity index (χ2v) is 3.68. The summed E-state index contributed by atoms with van der Waals surface area (Å²) in [5.74, 6) is 0. The van der Waals surface area contributed by atoms with Crippen LogP contribution in [0.2, 0.25) is 0 Å². The first-order valence-electron chi connectivity index (χ1n) is 3.79. The summed E-state index contributed by atoms with van der Waals surface area (Å²) in [5.41, 5.74) is 4.81. The maximum absolute atomic E-state index is 9.06. The molecule has 0 aliphatic heterocycles. The van der Waals surface area contributed by atoms with Gasteiger partial charge in [0.2, 0.25) is 0 Å². The van der Waals surface area contributed by atoms with Gasteiger partial charge in [0, 0.05) is 19.1 Å². The maximum Gasteiger partial charge on any atom is 0.0844 e. The molecule has 0 saturated heterocycles. The van der Waals surface area contributed by atoms with Gasteiger partial charge in [-0.25, -0.2) is 0 Å². The zero-order valence-electron chi connectivity index (χ0n) is 7.85. The van der Waals surface area contributed by atoms with Crippen LogP contribution in [0.4, 0.5) is 0 Å². The summed E-state index contributed by atoms with van der Waals surface area (Å²) in [6.07, 6.45) is 0. The lowest BCUT2D eigenvalue weighted by Gasteiger charge is -2.41. The van der Waals surface area contributed by atoms with Crippen LogP contribution in [-0.4, -0.2) is 31.0 Å². The van der Waals surface area contributed by atoms with Crippen LogP contribution < -0.4 is 5.73 Å². The van der Waals surface area contributed by atoms with Crippen LogP contribution in [0, 0.1) is 5.41 Å². The largest absolute Gasteiger partial charge is 0.396 e. The molecule has 0 aromatic heterocycles. The highest BCUT2D eigenvalue weighted by Crippen LogP contribution is 2.31. The third-order valence-corrected chi connectivity index (χ3v) is 2.67. The van der Waals surface area contributed by atoms with E-state index < -0.39 is 5.60 Å². The molecule has 11 heavy (non-hydrogen) atoms. The van der Waals surface area contributed by atoms with Gasteiger partial charge in [0.15, 0.2) is 0 Å². The van der Waals surface area contributed by atoms with Gasteiger partial charge in [0.25, 0.3) is 0 Å². The quantitative estimate of drug-likeness (QED) is 0.626. The first-order chi connectivity index (χ1) is 4.93. The summed E-state index contributed by atoms with van der Waals surface area (Å²) in [7, 11) is 1.62. The number of aliphatic hydroxyl groups is 1. The Kier molecular flexibility index (Phi) is 3.48. The van der Waals surface area contributed by atoms with Crippen LogP contribution in [0.5, 0.6) is 0 Å².